The van der Waals surface area contributed by atoms with E-state index in [9.17, 15) is 14.4 Å². The number of amides is 2. The number of Topliss-reactive ketones (excluding diaryl/α,β-unsaturated/α-hetero) is 1. The lowest BCUT2D eigenvalue weighted by atomic mass is 9.86. The zero-order valence-electron chi connectivity index (χ0n) is 9.33. The Morgan fingerprint density at radius 1 is 1.53 bits per heavy atom. The van der Waals surface area contributed by atoms with E-state index in [4.69, 9.17) is 0 Å². The molecule has 0 aromatic rings. The van der Waals surface area contributed by atoms with Gasteiger partial charge in [0.05, 0.1) is 5.92 Å². The molecule has 2 unspecified atom stereocenters. The lowest BCUT2D eigenvalue weighted by Crippen LogP contribution is -2.34. The predicted octanol–water partition coefficient (Wildman–Crippen LogP) is 1.26. The van der Waals surface area contributed by atoms with Crippen LogP contribution in [0.4, 0.5) is 0 Å². The minimum atomic E-state index is -0.941. The molecule has 0 aromatic carbocycles. The Labute approximate surface area is 107 Å². The van der Waals surface area contributed by atoms with Gasteiger partial charge in [-0.2, -0.15) is 0 Å². The van der Waals surface area contributed by atoms with Crippen molar-refractivity contribution < 1.29 is 14.4 Å². The van der Waals surface area contributed by atoms with Crippen molar-refractivity contribution in [3.8, 4) is 0 Å². The Morgan fingerprint density at radius 3 is 2.88 bits per heavy atom. The third kappa shape index (κ3) is 2.11. The zero-order chi connectivity index (χ0) is 12.6. The summed E-state index contributed by atoms with van der Waals surface area (Å²) in [5, 5.41) is 2.30. The van der Waals surface area contributed by atoms with Crippen LogP contribution in [0.25, 0.3) is 0 Å². The number of hydrogen-bond acceptors (Lipinski definition) is 3. The SMILES string of the molecule is CC(=O)CCC1=CC2C(=O)NC(=O)C2(Br)C=C1. The molecule has 5 heteroatoms. The van der Waals surface area contributed by atoms with Crippen LogP contribution in [0.15, 0.2) is 23.8 Å². The number of fused-ring (bicyclic) bond motifs is 1. The molecular formula is C12H12BrNO3. The standard InChI is InChI=1S/C12H12BrNO3/c1-7(15)2-3-8-4-5-12(13)9(6-8)10(16)14-11(12)17/h4-6,9H,2-3H2,1H3,(H,14,16,17). The first-order chi connectivity index (χ1) is 7.93. The van der Waals surface area contributed by atoms with Gasteiger partial charge in [-0.3, -0.25) is 14.9 Å². The number of alkyl halides is 1. The molecule has 2 amide bonds. The maximum absolute atomic E-state index is 11.6. The first-order valence-corrected chi connectivity index (χ1v) is 6.16. The van der Waals surface area contributed by atoms with E-state index in [1.54, 1.807) is 18.2 Å². The monoisotopic (exact) mass is 297 g/mol. The molecule has 1 N–H and O–H groups in total. The highest BCUT2D eigenvalue weighted by molar-refractivity contribution is 9.10. The highest BCUT2D eigenvalue weighted by Crippen LogP contribution is 2.39. The second-order valence-corrected chi connectivity index (χ2v) is 5.65. The van der Waals surface area contributed by atoms with Gasteiger partial charge >= 0.3 is 0 Å². The molecule has 1 heterocycles. The van der Waals surface area contributed by atoms with Crippen molar-refractivity contribution in [2.45, 2.75) is 24.1 Å². The maximum Gasteiger partial charge on any atom is 0.248 e. The molecule has 90 valence electrons. The van der Waals surface area contributed by atoms with Gasteiger partial charge in [0.1, 0.15) is 10.1 Å². The fourth-order valence-electron chi connectivity index (χ4n) is 1.98. The van der Waals surface area contributed by atoms with Crippen molar-refractivity contribution in [2.24, 2.45) is 5.92 Å². The number of carbonyl (C=O) groups excluding carboxylic acids is 3. The Hall–Kier alpha value is -1.23. The topological polar surface area (TPSA) is 63.2 Å². The van der Waals surface area contributed by atoms with E-state index in [1.807, 2.05) is 0 Å². The molecule has 2 aliphatic rings. The van der Waals surface area contributed by atoms with Crippen LogP contribution in [0.3, 0.4) is 0 Å². The van der Waals surface area contributed by atoms with E-state index in [-0.39, 0.29) is 17.6 Å². The zero-order valence-corrected chi connectivity index (χ0v) is 10.9. The van der Waals surface area contributed by atoms with Gasteiger partial charge in [0.2, 0.25) is 11.8 Å². The highest BCUT2D eigenvalue weighted by atomic mass is 79.9. The molecule has 2 rings (SSSR count). The normalized spacial score (nSPS) is 30.9. The second kappa shape index (κ2) is 4.22. The van der Waals surface area contributed by atoms with E-state index >= 15 is 0 Å². The van der Waals surface area contributed by atoms with Crippen molar-refractivity contribution in [3.05, 3.63) is 23.8 Å². The van der Waals surface area contributed by atoms with Crippen LogP contribution in [0.2, 0.25) is 0 Å². The predicted molar refractivity (Wildman–Crippen MR) is 65.4 cm³/mol. The fraction of sp³-hybridized carbons (Fsp3) is 0.417. The largest absolute Gasteiger partial charge is 0.300 e. The summed E-state index contributed by atoms with van der Waals surface area (Å²) in [4.78, 5) is 34.1. The number of ketones is 1. The van der Waals surface area contributed by atoms with Crippen LogP contribution in [0.1, 0.15) is 19.8 Å². The van der Waals surface area contributed by atoms with Crippen molar-refractivity contribution >= 4 is 33.5 Å². The molecule has 1 aliphatic heterocycles. The van der Waals surface area contributed by atoms with Gasteiger partial charge in [-0.1, -0.05) is 39.7 Å². The van der Waals surface area contributed by atoms with Gasteiger partial charge in [-0.05, 0) is 13.3 Å². The molecule has 0 spiro atoms. The smallest absolute Gasteiger partial charge is 0.248 e. The Balaban J connectivity index is 2.19. The third-order valence-electron chi connectivity index (χ3n) is 3.01. The Morgan fingerprint density at radius 2 is 2.24 bits per heavy atom. The summed E-state index contributed by atoms with van der Waals surface area (Å²) in [6.07, 6.45) is 6.30. The van der Waals surface area contributed by atoms with E-state index in [2.05, 4.69) is 21.2 Å². The first-order valence-electron chi connectivity index (χ1n) is 5.37. The highest BCUT2D eigenvalue weighted by Gasteiger charge is 2.52. The average Bonchev–Trinajstić information content (AvgIpc) is 2.48. The van der Waals surface area contributed by atoms with E-state index in [0.717, 1.165) is 5.57 Å². The Bertz CT molecular complexity index is 466. The molecule has 1 fully saturated rings. The van der Waals surface area contributed by atoms with Gasteiger partial charge in [0.15, 0.2) is 0 Å². The van der Waals surface area contributed by atoms with Gasteiger partial charge in [-0.15, -0.1) is 0 Å². The minimum absolute atomic E-state index is 0.113. The number of nitrogens with one attached hydrogen (secondary N) is 1. The summed E-state index contributed by atoms with van der Waals surface area (Å²) in [7, 11) is 0. The van der Waals surface area contributed by atoms with Gasteiger partial charge in [-0.25, -0.2) is 0 Å². The van der Waals surface area contributed by atoms with Crippen LogP contribution in [0.5, 0.6) is 0 Å². The Kier molecular flexibility index (Phi) is 3.03. The summed E-state index contributed by atoms with van der Waals surface area (Å²) in [5.74, 6) is -1.02. The number of imide groups is 1. The van der Waals surface area contributed by atoms with Gasteiger partial charge in [0, 0.05) is 6.42 Å². The maximum atomic E-state index is 11.6. The van der Waals surface area contributed by atoms with E-state index < -0.39 is 10.2 Å². The summed E-state index contributed by atoms with van der Waals surface area (Å²) < 4.78 is -0.941. The van der Waals surface area contributed by atoms with Crippen molar-refractivity contribution in [3.63, 3.8) is 0 Å². The number of carbonyl (C=O) groups is 3. The lowest BCUT2D eigenvalue weighted by molar-refractivity contribution is -0.125. The van der Waals surface area contributed by atoms with Crippen molar-refractivity contribution in [2.75, 3.05) is 0 Å². The molecule has 0 bridgehead atoms. The summed E-state index contributed by atoms with van der Waals surface area (Å²) in [6.45, 7) is 1.54. The summed E-state index contributed by atoms with van der Waals surface area (Å²) in [5.41, 5.74) is 0.921. The quantitative estimate of drug-likeness (QED) is 0.630. The summed E-state index contributed by atoms with van der Waals surface area (Å²) >= 11 is 3.30. The molecule has 4 nitrogen and oxygen atoms in total. The van der Waals surface area contributed by atoms with E-state index in [1.165, 1.54) is 6.92 Å². The number of rotatable bonds is 3. The van der Waals surface area contributed by atoms with E-state index in [0.29, 0.717) is 12.8 Å². The molecule has 1 aliphatic carbocycles. The molecule has 17 heavy (non-hydrogen) atoms. The fourth-order valence-corrected chi connectivity index (χ4v) is 2.55. The van der Waals surface area contributed by atoms with Crippen LogP contribution in [0, 0.1) is 5.92 Å². The van der Waals surface area contributed by atoms with Crippen LogP contribution < -0.4 is 5.32 Å². The first kappa shape index (κ1) is 12.2. The average molecular weight is 298 g/mol. The number of halogens is 1. The van der Waals surface area contributed by atoms with Crippen LogP contribution in [-0.2, 0) is 14.4 Å². The van der Waals surface area contributed by atoms with Gasteiger partial charge in [0.25, 0.3) is 0 Å². The minimum Gasteiger partial charge on any atom is -0.300 e. The molecule has 0 radical (unpaired) electrons. The number of allylic oxidation sites excluding steroid dienone is 2. The molecule has 2 atom stereocenters. The van der Waals surface area contributed by atoms with Crippen molar-refractivity contribution in [1.82, 2.24) is 5.32 Å². The van der Waals surface area contributed by atoms with Gasteiger partial charge < -0.3 is 4.79 Å². The second-order valence-electron chi connectivity index (χ2n) is 4.34. The molecule has 0 saturated carbocycles. The molecule has 0 aromatic heterocycles. The van der Waals surface area contributed by atoms with Crippen LogP contribution in [-0.4, -0.2) is 21.9 Å². The molecule has 1 saturated heterocycles. The van der Waals surface area contributed by atoms with Crippen molar-refractivity contribution in [1.29, 1.82) is 0 Å². The lowest BCUT2D eigenvalue weighted by Gasteiger charge is -2.23. The van der Waals surface area contributed by atoms with Crippen LogP contribution >= 0.6 is 15.9 Å². The molecular weight excluding hydrogens is 286 g/mol. The third-order valence-corrected chi connectivity index (χ3v) is 4.12. The number of hydrogen-bond donors (Lipinski definition) is 1. The summed E-state index contributed by atoms with van der Waals surface area (Å²) in [6, 6.07) is 0.